The lowest BCUT2D eigenvalue weighted by Crippen LogP contribution is -2.36. The van der Waals surface area contributed by atoms with E-state index < -0.39 is 0 Å². The summed E-state index contributed by atoms with van der Waals surface area (Å²) in [6.45, 7) is 6.22. The number of ether oxygens (including phenoxy) is 3. The van der Waals surface area contributed by atoms with E-state index in [0.29, 0.717) is 34.8 Å². The number of anilines is 1. The molecule has 178 valence electrons. The molecule has 5 nitrogen and oxygen atoms in total. The van der Waals surface area contributed by atoms with Gasteiger partial charge in [0, 0.05) is 25.0 Å². The lowest BCUT2D eigenvalue weighted by molar-refractivity contribution is 0.122. The van der Waals surface area contributed by atoms with Gasteiger partial charge in [0.05, 0.1) is 39.1 Å². The minimum Gasteiger partial charge on any atom is -0.490 e. The molecule has 1 aliphatic rings. The summed E-state index contributed by atoms with van der Waals surface area (Å²) in [5, 5.41) is 1.03. The molecule has 4 rings (SSSR count). The molecule has 0 radical (unpaired) electrons. The predicted molar refractivity (Wildman–Crippen MR) is 148 cm³/mol. The SMILES string of the molecule is CCOc1cc(C=Nc2ccc(N3CCOCC3)cc2)cc(I)c1OCc1ccc(Cl)c(Cl)c1. The van der Waals surface area contributed by atoms with E-state index in [1.807, 2.05) is 49.5 Å². The van der Waals surface area contributed by atoms with Crippen molar-refractivity contribution in [2.45, 2.75) is 13.5 Å². The lowest BCUT2D eigenvalue weighted by atomic mass is 10.2. The number of nitrogens with zero attached hydrogens (tertiary/aromatic N) is 2. The second-order valence-electron chi connectivity index (χ2n) is 7.67. The zero-order chi connectivity index (χ0) is 23.9. The average molecular weight is 611 g/mol. The first-order valence-electron chi connectivity index (χ1n) is 11.0. The minimum atomic E-state index is 0.357. The molecule has 3 aromatic rings. The van der Waals surface area contributed by atoms with Crippen molar-refractivity contribution >= 4 is 63.4 Å². The summed E-state index contributed by atoms with van der Waals surface area (Å²) in [7, 11) is 0. The molecule has 3 aromatic carbocycles. The third-order valence-electron chi connectivity index (χ3n) is 5.29. The molecule has 0 bridgehead atoms. The number of halogens is 3. The van der Waals surface area contributed by atoms with E-state index in [2.05, 4.69) is 44.6 Å². The fraction of sp³-hybridized carbons (Fsp3) is 0.269. The van der Waals surface area contributed by atoms with E-state index in [0.717, 1.165) is 46.7 Å². The van der Waals surface area contributed by atoms with Crippen LogP contribution in [0.1, 0.15) is 18.1 Å². The van der Waals surface area contributed by atoms with Crippen LogP contribution in [-0.4, -0.2) is 39.1 Å². The van der Waals surface area contributed by atoms with Crippen LogP contribution >= 0.6 is 45.8 Å². The quantitative estimate of drug-likeness (QED) is 0.200. The molecule has 34 heavy (non-hydrogen) atoms. The first-order chi connectivity index (χ1) is 16.5. The molecule has 0 aliphatic carbocycles. The van der Waals surface area contributed by atoms with Crippen LogP contribution in [0.15, 0.2) is 59.6 Å². The van der Waals surface area contributed by atoms with Crippen molar-refractivity contribution in [3.63, 3.8) is 0 Å². The maximum Gasteiger partial charge on any atom is 0.175 e. The first kappa shape index (κ1) is 25.1. The summed E-state index contributed by atoms with van der Waals surface area (Å²) < 4.78 is 18.3. The van der Waals surface area contributed by atoms with Gasteiger partial charge in [0.15, 0.2) is 11.5 Å². The summed E-state index contributed by atoms with van der Waals surface area (Å²) >= 11 is 14.4. The molecular weight excluding hydrogens is 586 g/mol. The van der Waals surface area contributed by atoms with E-state index >= 15 is 0 Å². The van der Waals surface area contributed by atoms with E-state index in [1.54, 1.807) is 6.07 Å². The molecule has 1 aliphatic heterocycles. The Bertz CT molecular complexity index is 1150. The Morgan fingerprint density at radius 3 is 2.47 bits per heavy atom. The highest BCUT2D eigenvalue weighted by atomic mass is 127. The largest absolute Gasteiger partial charge is 0.490 e. The first-order valence-corrected chi connectivity index (χ1v) is 12.9. The number of hydrogen-bond acceptors (Lipinski definition) is 5. The highest BCUT2D eigenvalue weighted by molar-refractivity contribution is 14.1. The van der Waals surface area contributed by atoms with Crippen molar-refractivity contribution in [1.82, 2.24) is 0 Å². The van der Waals surface area contributed by atoms with Gasteiger partial charge in [0.1, 0.15) is 6.61 Å². The van der Waals surface area contributed by atoms with E-state index in [9.17, 15) is 0 Å². The third kappa shape index (κ3) is 6.56. The van der Waals surface area contributed by atoms with Gasteiger partial charge < -0.3 is 19.1 Å². The fourth-order valence-electron chi connectivity index (χ4n) is 3.57. The zero-order valence-electron chi connectivity index (χ0n) is 18.8. The van der Waals surface area contributed by atoms with Crippen LogP contribution in [0.2, 0.25) is 10.0 Å². The Morgan fingerprint density at radius 1 is 1.00 bits per heavy atom. The maximum atomic E-state index is 6.13. The van der Waals surface area contributed by atoms with Crippen LogP contribution in [0.25, 0.3) is 0 Å². The molecular formula is C26H25Cl2IN2O3. The van der Waals surface area contributed by atoms with E-state index in [-0.39, 0.29) is 0 Å². The number of benzene rings is 3. The van der Waals surface area contributed by atoms with Gasteiger partial charge in [-0.05, 0) is 89.2 Å². The summed E-state index contributed by atoms with van der Waals surface area (Å²) in [5.74, 6) is 1.37. The zero-order valence-corrected chi connectivity index (χ0v) is 22.4. The predicted octanol–water partition coefficient (Wildman–Crippen LogP) is 7.16. The molecule has 8 heteroatoms. The Balaban J connectivity index is 1.47. The van der Waals surface area contributed by atoms with Crippen molar-refractivity contribution in [3.05, 3.63) is 79.3 Å². The Morgan fingerprint density at radius 2 is 1.76 bits per heavy atom. The number of morpholine rings is 1. The number of rotatable bonds is 8. The van der Waals surface area contributed by atoms with E-state index in [1.165, 1.54) is 5.69 Å². The van der Waals surface area contributed by atoms with Crippen molar-refractivity contribution in [2.75, 3.05) is 37.8 Å². The fourth-order valence-corrected chi connectivity index (χ4v) is 4.67. The Kier molecular flexibility index (Phi) is 8.94. The van der Waals surface area contributed by atoms with Gasteiger partial charge in [0.2, 0.25) is 0 Å². The molecule has 0 N–H and O–H groups in total. The monoisotopic (exact) mass is 610 g/mol. The van der Waals surface area contributed by atoms with Crippen molar-refractivity contribution in [2.24, 2.45) is 4.99 Å². The Hall–Kier alpha value is -2.00. The molecule has 1 saturated heterocycles. The van der Waals surface area contributed by atoms with Gasteiger partial charge in [-0.15, -0.1) is 0 Å². The summed E-state index contributed by atoms with van der Waals surface area (Å²) in [6, 6.07) is 17.7. The van der Waals surface area contributed by atoms with Gasteiger partial charge in [-0.3, -0.25) is 4.99 Å². The third-order valence-corrected chi connectivity index (χ3v) is 6.83. The standard InChI is InChI=1S/C26H25Cl2IN2O3/c1-2-33-25-15-19(14-24(29)26(25)34-17-18-3-8-22(27)23(28)13-18)16-30-20-4-6-21(7-5-20)31-9-11-32-12-10-31/h3-8,13-16H,2,9-12,17H2,1H3. The smallest absolute Gasteiger partial charge is 0.175 e. The van der Waals surface area contributed by atoms with Crippen molar-refractivity contribution in [3.8, 4) is 11.5 Å². The van der Waals surface area contributed by atoms with Crippen LogP contribution in [0, 0.1) is 3.57 Å². The van der Waals surface area contributed by atoms with Gasteiger partial charge in [-0.25, -0.2) is 0 Å². The van der Waals surface area contributed by atoms with Crippen LogP contribution < -0.4 is 14.4 Å². The second kappa shape index (κ2) is 12.1. The van der Waals surface area contributed by atoms with Crippen LogP contribution in [0.5, 0.6) is 11.5 Å². The molecule has 1 heterocycles. The summed E-state index contributed by atoms with van der Waals surface area (Å²) in [4.78, 5) is 6.98. The molecule has 0 saturated carbocycles. The normalized spacial score (nSPS) is 13.9. The van der Waals surface area contributed by atoms with Crippen LogP contribution in [-0.2, 0) is 11.3 Å². The number of hydrogen-bond donors (Lipinski definition) is 0. The molecule has 0 amide bonds. The highest BCUT2D eigenvalue weighted by Crippen LogP contribution is 2.35. The van der Waals surface area contributed by atoms with E-state index in [4.69, 9.17) is 37.4 Å². The van der Waals surface area contributed by atoms with Crippen LogP contribution in [0.4, 0.5) is 11.4 Å². The Labute approximate surface area is 223 Å². The van der Waals surface area contributed by atoms with Crippen LogP contribution in [0.3, 0.4) is 0 Å². The van der Waals surface area contributed by atoms with Gasteiger partial charge >= 0.3 is 0 Å². The van der Waals surface area contributed by atoms with Gasteiger partial charge in [-0.2, -0.15) is 0 Å². The maximum absolute atomic E-state index is 6.13. The molecule has 0 spiro atoms. The van der Waals surface area contributed by atoms with Gasteiger partial charge in [0.25, 0.3) is 0 Å². The molecule has 0 atom stereocenters. The molecule has 0 unspecified atom stereocenters. The van der Waals surface area contributed by atoms with Crippen molar-refractivity contribution < 1.29 is 14.2 Å². The molecule has 0 aromatic heterocycles. The lowest BCUT2D eigenvalue weighted by Gasteiger charge is -2.28. The van der Waals surface area contributed by atoms with Crippen molar-refractivity contribution in [1.29, 1.82) is 0 Å². The summed E-state index contributed by atoms with van der Waals surface area (Å²) in [5.41, 5.74) is 3.95. The highest BCUT2D eigenvalue weighted by Gasteiger charge is 2.13. The van der Waals surface area contributed by atoms with Gasteiger partial charge in [-0.1, -0.05) is 29.3 Å². The minimum absolute atomic E-state index is 0.357. The topological polar surface area (TPSA) is 43.3 Å². The molecule has 1 fully saturated rings. The number of aliphatic imine (C=N–C) groups is 1. The summed E-state index contributed by atoms with van der Waals surface area (Å²) in [6.07, 6.45) is 1.84. The second-order valence-corrected chi connectivity index (χ2v) is 9.65. The average Bonchev–Trinajstić information content (AvgIpc) is 2.85.